The Morgan fingerprint density at radius 1 is 1.14 bits per heavy atom. The SMILES string of the molecule is CN(C)CCN1CCN(C(=O)C2(C#N)CCCCC2)CC1. The first kappa shape index (κ1) is 16.3. The highest BCUT2D eigenvalue weighted by Crippen LogP contribution is 2.37. The van der Waals surface area contributed by atoms with Crippen LogP contribution in [0.4, 0.5) is 0 Å². The molecule has 1 heterocycles. The van der Waals surface area contributed by atoms with E-state index in [4.69, 9.17) is 0 Å². The summed E-state index contributed by atoms with van der Waals surface area (Å²) in [4.78, 5) is 19.3. The monoisotopic (exact) mass is 292 g/mol. The summed E-state index contributed by atoms with van der Waals surface area (Å²) in [5, 5.41) is 9.53. The number of carbonyl (C=O) groups excluding carboxylic acids is 1. The van der Waals surface area contributed by atoms with Crippen LogP contribution in [0.15, 0.2) is 0 Å². The minimum Gasteiger partial charge on any atom is -0.339 e. The van der Waals surface area contributed by atoms with Crippen LogP contribution >= 0.6 is 0 Å². The van der Waals surface area contributed by atoms with Crippen molar-refractivity contribution in [3.05, 3.63) is 0 Å². The van der Waals surface area contributed by atoms with E-state index in [9.17, 15) is 10.1 Å². The van der Waals surface area contributed by atoms with Crippen molar-refractivity contribution in [3.63, 3.8) is 0 Å². The van der Waals surface area contributed by atoms with E-state index in [0.717, 1.165) is 71.4 Å². The van der Waals surface area contributed by atoms with Gasteiger partial charge in [0, 0.05) is 39.3 Å². The molecular weight excluding hydrogens is 264 g/mol. The molecule has 0 aromatic heterocycles. The molecule has 1 aliphatic heterocycles. The van der Waals surface area contributed by atoms with E-state index in [1.165, 1.54) is 0 Å². The molecule has 0 aromatic rings. The summed E-state index contributed by atoms with van der Waals surface area (Å²) < 4.78 is 0. The molecule has 21 heavy (non-hydrogen) atoms. The van der Waals surface area contributed by atoms with Gasteiger partial charge in [-0.25, -0.2) is 0 Å². The van der Waals surface area contributed by atoms with Crippen molar-refractivity contribution in [2.45, 2.75) is 32.1 Å². The second-order valence-electron chi connectivity index (χ2n) is 6.69. The lowest BCUT2D eigenvalue weighted by molar-refractivity contribution is -0.142. The van der Waals surface area contributed by atoms with Crippen LogP contribution in [0.1, 0.15) is 32.1 Å². The molecule has 0 N–H and O–H groups in total. The van der Waals surface area contributed by atoms with Gasteiger partial charge in [-0.05, 0) is 26.9 Å². The molecule has 1 amide bonds. The van der Waals surface area contributed by atoms with Gasteiger partial charge in [0.1, 0.15) is 5.41 Å². The van der Waals surface area contributed by atoms with E-state index < -0.39 is 5.41 Å². The first-order valence-corrected chi connectivity index (χ1v) is 8.15. The summed E-state index contributed by atoms with van der Waals surface area (Å²) in [6.07, 6.45) is 4.70. The standard InChI is InChI=1S/C16H28N4O/c1-18(2)8-9-19-10-12-20(13-11-19)15(21)16(14-17)6-4-3-5-7-16/h3-13H2,1-2H3. The maximum absolute atomic E-state index is 12.8. The molecule has 5 nitrogen and oxygen atoms in total. The van der Waals surface area contributed by atoms with Gasteiger partial charge in [0.15, 0.2) is 0 Å². The zero-order chi connectivity index (χ0) is 15.3. The Bertz CT molecular complexity index is 388. The van der Waals surface area contributed by atoms with Gasteiger partial charge >= 0.3 is 0 Å². The van der Waals surface area contributed by atoms with E-state index in [1.54, 1.807) is 0 Å². The smallest absolute Gasteiger partial charge is 0.243 e. The maximum Gasteiger partial charge on any atom is 0.243 e. The molecule has 2 aliphatic rings. The Hall–Kier alpha value is -1.12. The van der Waals surface area contributed by atoms with E-state index >= 15 is 0 Å². The molecule has 2 rings (SSSR count). The minimum atomic E-state index is -0.718. The molecule has 5 heteroatoms. The van der Waals surface area contributed by atoms with E-state index in [0.29, 0.717) is 0 Å². The molecule has 1 saturated heterocycles. The molecular formula is C16H28N4O. The number of piperazine rings is 1. The minimum absolute atomic E-state index is 0.0944. The maximum atomic E-state index is 12.8. The molecule has 0 radical (unpaired) electrons. The number of nitriles is 1. The number of rotatable bonds is 4. The molecule has 0 atom stereocenters. The van der Waals surface area contributed by atoms with Crippen LogP contribution in [0.5, 0.6) is 0 Å². The number of amides is 1. The molecule has 1 saturated carbocycles. The normalized spacial score (nSPS) is 23.0. The highest BCUT2D eigenvalue weighted by molar-refractivity contribution is 5.85. The van der Waals surface area contributed by atoms with Gasteiger partial charge in [-0.15, -0.1) is 0 Å². The van der Waals surface area contributed by atoms with Crippen molar-refractivity contribution in [2.75, 3.05) is 53.4 Å². The van der Waals surface area contributed by atoms with Crippen LogP contribution in [0, 0.1) is 16.7 Å². The van der Waals surface area contributed by atoms with Crippen LogP contribution in [0.25, 0.3) is 0 Å². The average Bonchev–Trinajstić information content (AvgIpc) is 2.53. The molecule has 2 fully saturated rings. The summed E-state index contributed by atoms with van der Waals surface area (Å²) >= 11 is 0. The second-order valence-corrected chi connectivity index (χ2v) is 6.69. The van der Waals surface area contributed by atoms with Gasteiger partial charge in [0.05, 0.1) is 6.07 Å². The van der Waals surface area contributed by atoms with Crippen molar-refractivity contribution < 1.29 is 4.79 Å². The number of hydrogen-bond acceptors (Lipinski definition) is 4. The number of likely N-dealkylation sites (N-methyl/N-ethyl adjacent to an activating group) is 1. The summed E-state index contributed by atoms with van der Waals surface area (Å²) in [6, 6.07) is 2.35. The molecule has 118 valence electrons. The van der Waals surface area contributed by atoms with Crippen LogP contribution in [0.3, 0.4) is 0 Å². The largest absolute Gasteiger partial charge is 0.339 e. The third-order valence-electron chi connectivity index (χ3n) is 4.85. The van der Waals surface area contributed by atoms with Crippen LogP contribution in [-0.2, 0) is 4.79 Å². The molecule has 0 bridgehead atoms. The van der Waals surface area contributed by atoms with Gasteiger partial charge in [0.25, 0.3) is 0 Å². The third kappa shape index (κ3) is 3.96. The molecule has 1 aliphatic carbocycles. The Morgan fingerprint density at radius 2 is 1.76 bits per heavy atom. The first-order chi connectivity index (χ1) is 10.1. The van der Waals surface area contributed by atoms with Crippen LogP contribution in [0.2, 0.25) is 0 Å². The lowest BCUT2D eigenvalue weighted by atomic mass is 9.74. The van der Waals surface area contributed by atoms with Crippen molar-refractivity contribution in [3.8, 4) is 6.07 Å². The van der Waals surface area contributed by atoms with E-state index in [1.807, 2.05) is 4.90 Å². The lowest BCUT2D eigenvalue weighted by Gasteiger charge is -2.40. The Labute approximate surface area is 128 Å². The molecule has 0 spiro atoms. The summed E-state index contributed by atoms with van der Waals surface area (Å²) in [5.74, 6) is 0.0944. The van der Waals surface area contributed by atoms with Crippen molar-refractivity contribution in [1.82, 2.24) is 14.7 Å². The fourth-order valence-electron chi connectivity index (χ4n) is 3.35. The zero-order valence-electron chi connectivity index (χ0n) is 13.5. The Kier molecular flexibility index (Phi) is 5.60. The van der Waals surface area contributed by atoms with Crippen molar-refractivity contribution in [2.24, 2.45) is 5.41 Å². The van der Waals surface area contributed by atoms with E-state index in [2.05, 4.69) is 30.0 Å². The third-order valence-corrected chi connectivity index (χ3v) is 4.85. The summed E-state index contributed by atoms with van der Waals surface area (Å²) in [6.45, 7) is 5.52. The topological polar surface area (TPSA) is 50.6 Å². The zero-order valence-corrected chi connectivity index (χ0v) is 13.5. The number of nitrogens with zero attached hydrogens (tertiary/aromatic N) is 4. The average molecular weight is 292 g/mol. The van der Waals surface area contributed by atoms with Gasteiger partial charge in [-0.3, -0.25) is 9.69 Å². The number of hydrogen-bond donors (Lipinski definition) is 0. The van der Waals surface area contributed by atoms with Gasteiger partial charge in [0.2, 0.25) is 5.91 Å². The summed E-state index contributed by atoms with van der Waals surface area (Å²) in [7, 11) is 4.17. The van der Waals surface area contributed by atoms with Crippen LogP contribution in [-0.4, -0.2) is 74.0 Å². The Balaban J connectivity index is 1.86. The second kappa shape index (κ2) is 7.24. The summed E-state index contributed by atoms with van der Waals surface area (Å²) in [5.41, 5.74) is -0.718. The van der Waals surface area contributed by atoms with Gasteiger partial charge in [-0.2, -0.15) is 5.26 Å². The fourth-order valence-corrected chi connectivity index (χ4v) is 3.35. The molecule has 0 unspecified atom stereocenters. The highest BCUT2D eigenvalue weighted by Gasteiger charge is 2.42. The van der Waals surface area contributed by atoms with E-state index in [-0.39, 0.29) is 5.91 Å². The fraction of sp³-hybridized carbons (Fsp3) is 0.875. The predicted molar refractivity (Wildman–Crippen MR) is 82.7 cm³/mol. The number of carbonyl (C=O) groups is 1. The predicted octanol–water partition coefficient (Wildman–Crippen LogP) is 1.17. The Morgan fingerprint density at radius 3 is 2.29 bits per heavy atom. The van der Waals surface area contributed by atoms with Gasteiger partial charge < -0.3 is 9.80 Å². The lowest BCUT2D eigenvalue weighted by Crippen LogP contribution is -2.54. The van der Waals surface area contributed by atoms with Gasteiger partial charge in [-0.1, -0.05) is 19.3 Å². The van der Waals surface area contributed by atoms with Crippen molar-refractivity contribution >= 4 is 5.91 Å². The molecule has 0 aromatic carbocycles. The highest BCUT2D eigenvalue weighted by atomic mass is 16.2. The first-order valence-electron chi connectivity index (χ1n) is 8.15. The van der Waals surface area contributed by atoms with Crippen molar-refractivity contribution in [1.29, 1.82) is 5.26 Å². The quantitative estimate of drug-likeness (QED) is 0.780. The van der Waals surface area contributed by atoms with Crippen LogP contribution < -0.4 is 0 Å².